The van der Waals surface area contributed by atoms with E-state index < -0.39 is 24.3 Å². The van der Waals surface area contributed by atoms with Gasteiger partial charge in [-0.25, -0.2) is 0 Å². The average Bonchev–Trinajstić information content (AvgIpc) is 3.35. The van der Waals surface area contributed by atoms with Crippen LogP contribution in [0.4, 0.5) is 0 Å². The lowest BCUT2D eigenvalue weighted by Gasteiger charge is -2.26. The molecule has 0 radical (unpaired) electrons. The van der Waals surface area contributed by atoms with Crippen molar-refractivity contribution in [2.45, 2.75) is 225 Å². The highest BCUT2D eigenvalue weighted by molar-refractivity contribution is 5.70. The van der Waals surface area contributed by atoms with Gasteiger partial charge in [-0.15, -0.1) is 0 Å². The van der Waals surface area contributed by atoms with E-state index in [9.17, 15) is 19.5 Å². The van der Waals surface area contributed by atoms with Gasteiger partial charge in [0.05, 0.1) is 40.3 Å². The van der Waals surface area contributed by atoms with Gasteiger partial charge < -0.3 is 33.3 Å². The lowest BCUT2D eigenvalue weighted by molar-refractivity contribution is -0.870. The molecule has 0 saturated heterocycles. The summed E-state index contributed by atoms with van der Waals surface area (Å²) in [6.07, 6.45) is 69.9. The molecule has 0 bridgehead atoms. The zero-order chi connectivity index (χ0) is 52.7. The van der Waals surface area contributed by atoms with Crippen molar-refractivity contribution in [3.05, 3.63) is 109 Å². The molecule has 0 heterocycles. The number of rotatable bonds is 51. The molecule has 0 aliphatic rings. The van der Waals surface area contributed by atoms with Gasteiger partial charge in [0.2, 0.25) is 0 Å². The van der Waals surface area contributed by atoms with Crippen LogP contribution in [-0.4, -0.2) is 82.3 Å². The summed E-state index contributed by atoms with van der Waals surface area (Å²) in [6, 6.07) is 0. The van der Waals surface area contributed by atoms with Crippen molar-refractivity contribution in [3.8, 4) is 0 Å². The van der Waals surface area contributed by atoms with Crippen molar-refractivity contribution in [3.63, 3.8) is 0 Å². The van der Waals surface area contributed by atoms with E-state index >= 15 is 0 Å². The second-order valence-electron chi connectivity index (χ2n) is 19.8. The van der Waals surface area contributed by atoms with Crippen molar-refractivity contribution in [1.82, 2.24) is 0 Å². The maximum atomic E-state index is 12.9. The van der Waals surface area contributed by atoms with E-state index in [0.717, 1.165) is 109 Å². The lowest BCUT2D eigenvalue weighted by atomic mass is 10.1. The fraction of sp³-hybridized carbons (Fsp3) is 0.667. The number of quaternary nitrogens is 1. The summed E-state index contributed by atoms with van der Waals surface area (Å²) < 4.78 is 22.6. The molecule has 0 aromatic rings. The number of hydrogen-bond donors (Lipinski definition) is 0. The zero-order valence-electron chi connectivity index (χ0n) is 46.5. The highest BCUT2D eigenvalue weighted by Crippen LogP contribution is 2.14. The molecule has 2 unspecified atom stereocenters. The van der Waals surface area contributed by atoms with Gasteiger partial charge in [0.15, 0.2) is 12.4 Å². The predicted octanol–water partition coefficient (Wildman–Crippen LogP) is 15.4. The minimum absolute atomic E-state index is 0.136. The first kappa shape index (κ1) is 68.0. The van der Waals surface area contributed by atoms with Crippen molar-refractivity contribution >= 4 is 17.9 Å². The monoisotopic (exact) mass is 1000 g/mol. The first-order valence-corrected chi connectivity index (χ1v) is 28.5. The van der Waals surface area contributed by atoms with E-state index in [-0.39, 0.29) is 38.6 Å². The molecular weight excluding hydrogens is 899 g/mol. The molecule has 9 heteroatoms. The summed E-state index contributed by atoms with van der Waals surface area (Å²) in [6.45, 7) is 4.58. The Morgan fingerprint density at radius 2 is 0.792 bits per heavy atom. The van der Waals surface area contributed by atoms with Gasteiger partial charge >= 0.3 is 11.9 Å². The van der Waals surface area contributed by atoms with Gasteiger partial charge in [-0.05, 0) is 103 Å². The van der Waals surface area contributed by atoms with Gasteiger partial charge in [0.1, 0.15) is 13.2 Å². The predicted molar refractivity (Wildman–Crippen MR) is 301 cm³/mol. The lowest BCUT2D eigenvalue weighted by Crippen LogP contribution is -2.44. The number of unbranched alkanes of at least 4 members (excludes halogenated alkanes) is 18. The van der Waals surface area contributed by atoms with Gasteiger partial charge in [0, 0.05) is 12.8 Å². The molecule has 0 rings (SSSR count). The Hall–Kier alpha value is -4.05. The molecule has 0 aliphatic heterocycles. The Morgan fingerprint density at radius 3 is 1.19 bits per heavy atom. The van der Waals surface area contributed by atoms with Crippen LogP contribution >= 0.6 is 0 Å². The fourth-order valence-electron chi connectivity index (χ4n) is 7.37. The highest BCUT2D eigenvalue weighted by Gasteiger charge is 2.22. The smallest absolute Gasteiger partial charge is 0.306 e. The third-order valence-corrected chi connectivity index (χ3v) is 11.8. The third kappa shape index (κ3) is 53.7. The summed E-state index contributed by atoms with van der Waals surface area (Å²) >= 11 is 0. The molecule has 0 saturated carbocycles. The summed E-state index contributed by atoms with van der Waals surface area (Å²) in [5.41, 5.74) is 0. The zero-order valence-corrected chi connectivity index (χ0v) is 46.5. The quantitative estimate of drug-likeness (QED) is 0.0195. The molecule has 9 nitrogen and oxygen atoms in total. The van der Waals surface area contributed by atoms with Crippen LogP contribution in [0.5, 0.6) is 0 Å². The molecule has 0 fully saturated rings. The molecule has 0 spiro atoms. The van der Waals surface area contributed by atoms with Gasteiger partial charge in [0.25, 0.3) is 0 Å². The second kappa shape index (κ2) is 53.2. The molecule has 0 aromatic carbocycles. The third-order valence-electron chi connectivity index (χ3n) is 11.8. The van der Waals surface area contributed by atoms with Gasteiger partial charge in [-0.2, -0.15) is 0 Å². The topological polar surface area (TPSA) is 111 Å². The standard InChI is InChI=1S/C63H105NO8/c1-6-8-10-12-14-16-18-20-22-24-26-27-28-29-30-31-32-33-34-35-36-38-40-42-44-46-48-50-52-54-61(66)72-59(58-71-63(62(67)68)69-56-55-64(3,4)5)57-70-60(65)53-51-49-47-45-43-41-39-37-25-23-21-19-17-15-13-11-9-7-2/h8,10,14,16,20,22-23,25-27,29-30,32-33,35-36,40,42,59,63H,6-7,9,11-13,15,17-19,21,24,28,31,34,37-39,41,43-58H2,1-5H3/b10-8-,16-14-,22-20-,25-23-,27-26-,30-29-,33-32-,36-35-,42-40-. The number of allylic oxidation sites excluding steroid dienone is 18. The summed E-state index contributed by atoms with van der Waals surface area (Å²) in [5, 5.41) is 11.8. The number of esters is 2. The Morgan fingerprint density at radius 1 is 0.431 bits per heavy atom. The Bertz CT molecular complexity index is 1540. The van der Waals surface area contributed by atoms with Crippen LogP contribution in [0.3, 0.4) is 0 Å². The number of aliphatic carboxylic acids is 1. The number of likely N-dealkylation sites (N-methyl/N-ethyl adjacent to an activating group) is 1. The fourth-order valence-corrected chi connectivity index (χ4v) is 7.37. The Kier molecular flexibility index (Phi) is 50.3. The molecule has 2 atom stereocenters. The maximum Gasteiger partial charge on any atom is 0.306 e. The minimum Gasteiger partial charge on any atom is -0.545 e. The van der Waals surface area contributed by atoms with Crippen LogP contribution in [0.2, 0.25) is 0 Å². The average molecular weight is 1000 g/mol. The number of nitrogens with zero attached hydrogens (tertiary/aromatic N) is 1. The number of carboxylic acid groups (broad SMARTS) is 1. The summed E-state index contributed by atoms with van der Waals surface area (Å²) in [5.74, 6) is -2.33. The Balaban J connectivity index is 4.36. The van der Waals surface area contributed by atoms with Gasteiger partial charge in [-0.1, -0.05) is 207 Å². The van der Waals surface area contributed by atoms with E-state index in [1.165, 1.54) is 70.6 Å². The van der Waals surface area contributed by atoms with Crippen LogP contribution < -0.4 is 5.11 Å². The molecule has 0 aliphatic carbocycles. The van der Waals surface area contributed by atoms with Crippen molar-refractivity contribution < 1.29 is 42.9 Å². The number of hydrogen-bond acceptors (Lipinski definition) is 8. The molecule has 0 N–H and O–H groups in total. The molecular formula is C63H105NO8. The van der Waals surface area contributed by atoms with E-state index in [4.69, 9.17) is 18.9 Å². The maximum absolute atomic E-state index is 12.9. The second-order valence-corrected chi connectivity index (χ2v) is 19.8. The molecule has 410 valence electrons. The van der Waals surface area contributed by atoms with Crippen molar-refractivity contribution in [1.29, 1.82) is 0 Å². The number of carbonyl (C=O) groups excluding carboxylic acids is 3. The van der Waals surface area contributed by atoms with E-state index in [1.54, 1.807) is 0 Å². The van der Waals surface area contributed by atoms with E-state index in [2.05, 4.69) is 123 Å². The van der Waals surface area contributed by atoms with Crippen LogP contribution in [0.1, 0.15) is 213 Å². The molecule has 0 aromatic heterocycles. The number of carbonyl (C=O) groups is 3. The minimum atomic E-state index is -1.64. The van der Waals surface area contributed by atoms with Crippen molar-refractivity contribution in [2.75, 3.05) is 47.5 Å². The normalized spacial score (nSPS) is 13.6. The van der Waals surface area contributed by atoms with E-state index in [0.29, 0.717) is 17.4 Å². The van der Waals surface area contributed by atoms with Crippen molar-refractivity contribution in [2.24, 2.45) is 0 Å². The highest BCUT2D eigenvalue weighted by atomic mass is 16.7. The summed E-state index contributed by atoms with van der Waals surface area (Å²) in [7, 11) is 5.90. The Labute approximate surface area is 441 Å². The number of ether oxygens (including phenoxy) is 4. The molecule has 72 heavy (non-hydrogen) atoms. The van der Waals surface area contributed by atoms with Crippen LogP contribution in [-0.2, 0) is 33.3 Å². The summed E-state index contributed by atoms with van der Waals surface area (Å²) in [4.78, 5) is 37.3. The van der Waals surface area contributed by atoms with Crippen LogP contribution in [0, 0.1) is 0 Å². The van der Waals surface area contributed by atoms with E-state index in [1.807, 2.05) is 21.1 Å². The van der Waals surface area contributed by atoms with Gasteiger partial charge in [-0.3, -0.25) is 9.59 Å². The van der Waals surface area contributed by atoms with Crippen LogP contribution in [0.15, 0.2) is 109 Å². The largest absolute Gasteiger partial charge is 0.545 e. The molecule has 0 amide bonds. The SMILES string of the molecule is CC/C=C\C/C=C\C/C=C\C/C=C\C/C=C\C/C=C\C/C=C\C/C=C\CCCCCCC(=O)OC(COC(=O)CCCCCCCCC/C=C\CCCCCCCCC)COC(OCC[N+](C)(C)C)C(=O)[O-]. The van der Waals surface area contributed by atoms with Crippen LogP contribution in [0.25, 0.3) is 0 Å². The first-order valence-electron chi connectivity index (χ1n) is 28.5. The first-order chi connectivity index (χ1) is 35.1. The number of carboxylic acids is 1.